The molecule has 0 aromatic carbocycles. The lowest BCUT2D eigenvalue weighted by atomic mass is 10.3. The van der Waals surface area contributed by atoms with Gasteiger partial charge in [-0.15, -0.1) is 11.3 Å². The van der Waals surface area contributed by atoms with E-state index in [1.165, 1.54) is 23.4 Å². The Bertz CT molecular complexity index is 578. The molecule has 0 unspecified atom stereocenters. The molecule has 1 saturated carbocycles. The predicted molar refractivity (Wildman–Crippen MR) is 82.3 cm³/mol. The Morgan fingerprint density at radius 2 is 2.32 bits per heavy atom. The Morgan fingerprint density at radius 1 is 1.47 bits per heavy atom. The Labute approximate surface area is 125 Å². The van der Waals surface area contributed by atoms with Crippen molar-refractivity contribution in [2.45, 2.75) is 38.8 Å². The van der Waals surface area contributed by atoms with Crippen molar-refractivity contribution in [3.05, 3.63) is 33.4 Å². The number of aryl methyl sites for hydroxylation is 1. The number of aromatic nitrogens is 2. The van der Waals surface area contributed by atoms with Crippen LogP contribution in [0.4, 0.5) is 0 Å². The first-order valence-corrected chi connectivity index (χ1v) is 8.21. The van der Waals surface area contributed by atoms with Crippen LogP contribution in [-0.4, -0.2) is 16.0 Å². The van der Waals surface area contributed by atoms with Crippen molar-refractivity contribution in [2.24, 2.45) is 0 Å². The van der Waals surface area contributed by atoms with Crippen LogP contribution in [-0.2, 0) is 13.0 Å². The standard InChI is InChI=1S/C14H16BrN3S/c1-2-11-12(8-17-9-5-6-9)19-14(18-11)13-10(15)4-3-7-16-13/h3-4,7,9,17H,2,5-6,8H2,1H3. The maximum atomic E-state index is 4.74. The van der Waals surface area contributed by atoms with E-state index in [9.17, 15) is 0 Å². The van der Waals surface area contributed by atoms with Gasteiger partial charge in [0.2, 0.25) is 0 Å². The van der Waals surface area contributed by atoms with Gasteiger partial charge in [0, 0.05) is 28.1 Å². The van der Waals surface area contributed by atoms with Crippen molar-refractivity contribution in [3.8, 4) is 10.7 Å². The van der Waals surface area contributed by atoms with Gasteiger partial charge in [-0.05, 0) is 47.3 Å². The van der Waals surface area contributed by atoms with Crippen LogP contribution in [0.1, 0.15) is 30.3 Å². The second-order valence-corrected chi connectivity index (χ2v) is 6.67. The number of hydrogen-bond donors (Lipinski definition) is 1. The van der Waals surface area contributed by atoms with Gasteiger partial charge in [-0.3, -0.25) is 4.98 Å². The van der Waals surface area contributed by atoms with Gasteiger partial charge < -0.3 is 5.32 Å². The van der Waals surface area contributed by atoms with Crippen molar-refractivity contribution < 1.29 is 0 Å². The van der Waals surface area contributed by atoms with Crippen LogP contribution in [0.15, 0.2) is 22.8 Å². The molecule has 0 spiro atoms. The second kappa shape index (κ2) is 5.69. The summed E-state index contributed by atoms with van der Waals surface area (Å²) in [6.45, 7) is 3.10. The van der Waals surface area contributed by atoms with Crippen molar-refractivity contribution in [2.75, 3.05) is 0 Å². The van der Waals surface area contributed by atoms with Gasteiger partial charge in [-0.1, -0.05) is 6.92 Å². The highest BCUT2D eigenvalue weighted by Crippen LogP contribution is 2.32. The Balaban J connectivity index is 1.87. The molecule has 0 saturated heterocycles. The summed E-state index contributed by atoms with van der Waals surface area (Å²) in [5.41, 5.74) is 2.14. The number of halogens is 1. The van der Waals surface area contributed by atoms with Crippen LogP contribution in [0, 0.1) is 0 Å². The van der Waals surface area contributed by atoms with Gasteiger partial charge >= 0.3 is 0 Å². The summed E-state index contributed by atoms with van der Waals surface area (Å²) in [7, 11) is 0. The third kappa shape index (κ3) is 3.04. The lowest BCUT2D eigenvalue weighted by Gasteiger charge is -2.00. The first kappa shape index (κ1) is 13.2. The van der Waals surface area contributed by atoms with Gasteiger partial charge in [-0.25, -0.2) is 4.98 Å². The van der Waals surface area contributed by atoms with Crippen molar-refractivity contribution >= 4 is 27.3 Å². The molecule has 2 aromatic rings. The number of nitrogens with zero attached hydrogens (tertiary/aromatic N) is 2. The molecule has 0 atom stereocenters. The summed E-state index contributed by atoms with van der Waals surface area (Å²) >= 11 is 5.30. The van der Waals surface area contributed by atoms with Crippen LogP contribution in [0.25, 0.3) is 10.7 Å². The third-order valence-electron chi connectivity index (χ3n) is 3.20. The fraction of sp³-hybridized carbons (Fsp3) is 0.429. The Hall–Kier alpha value is -0.780. The molecule has 1 aliphatic rings. The Morgan fingerprint density at radius 3 is 3.00 bits per heavy atom. The summed E-state index contributed by atoms with van der Waals surface area (Å²) in [6.07, 6.45) is 5.43. The number of nitrogens with one attached hydrogen (secondary N) is 1. The molecule has 2 aromatic heterocycles. The van der Waals surface area contributed by atoms with E-state index in [1.807, 2.05) is 18.3 Å². The number of pyridine rings is 1. The lowest BCUT2D eigenvalue weighted by molar-refractivity contribution is 0.689. The summed E-state index contributed by atoms with van der Waals surface area (Å²) in [5, 5.41) is 4.58. The molecule has 0 bridgehead atoms. The first-order chi connectivity index (χ1) is 9.28. The molecule has 3 nitrogen and oxygen atoms in total. The molecule has 100 valence electrons. The van der Waals surface area contributed by atoms with E-state index in [4.69, 9.17) is 4.98 Å². The third-order valence-corrected chi connectivity index (χ3v) is 4.95. The minimum Gasteiger partial charge on any atom is -0.309 e. The van der Waals surface area contributed by atoms with E-state index in [2.05, 4.69) is 33.2 Å². The fourth-order valence-electron chi connectivity index (χ4n) is 1.97. The largest absolute Gasteiger partial charge is 0.309 e. The molecule has 19 heavy (non-hydrogen) atoms. The van der Waals surface area contributed by atoms with Crippen LogP contribution in [0.3, 0.4) is 0 Å². The molecular weight excluding hydrogens is 322 g/mol. The maximum Gasteiger partial charge on any atom is 0.143 e. The molecule has 3 rings (SSSR count). The molecule has 1 fully saturated rings. The molecule has 2 heterocycles. The summed E-state index contributed by atoms with van der Waals surface area (Å²) < 4.78 is 1.01. The SMILES string of the molecule is CCc1nc(-c2ncccc2Br)sc1CNC1CC1. The second-order valence-electron chi connectivity index (χ2n) is 4.73. The van der Waals surface area contributed by atoms with Crippen molar-refractivity contribution in [1.29, 1.82) is 0 Å². The van der Waals surface area contributed by atoms with Gasteiger partial charge in [0.25, 0.3) is 0 Å². The normalized spacial score (nSPS) is 14.8. The first-order valence-electron chi connectivity index (χ1n) is 6.60. The lowest BCUT2D eigenvalue weighted by Crippen LogP contribution is -2.15. The molecule has 0 amide bonds. The molecule has 1 aliphatic carbocycles. The Kier molecular flexibility index (Phi) is 3.96. The highest BCUT2D eigenvalue weighted by Gasteiger charge is 2.21. The smallest absolute Gasteiger partial charge is 0.143 e. The zero-order valence-electron chi connectivity index (χ0n) is 10.8. The van der Waals surface area contributed by atoms with E-state index in [0.717, 1.165) is 34.2 Å². The topological polar surface area (TPSA) is 37.8 Å². The molecule has 0 aliphatic heterocycles. The van der Waals surface area contributed by atoms with Crippen molar-refractivity contribution in [1.82, 2.24) is 15.3 Å². The summed E-state index contributed by atoms with van der Waals surface area (Å²) in [4.78, 5) is 10.5. The minimum atomic E-state index is 0.733. The number of rotatable bonds is 5. The van der Waals surface area contributed by atoms with Gasteiger partial charge in [0.1, 0.15) is 10.7 Å². The van der Waals surface area contributed by atoms with Crippen LogP contribution in [0.5, 0.6) is 0 Å². The minimum absolute atomic E-state index is 0.733. The van der Waals surface area contributed by atoms with Crippen LogP contribution in [0.2, 0.25) is 0 Å². The van der Waals surface area contributed by atoms with Crippen LogP contribution < -0.4 is 5.32 Å². The van der Waals surface area contributed by atoms with E-state index in [-0.39, 0.29) is 0 Å². The predicted octanol–water partition coefficient (Wildman–Crippen LogP) is 3.78. The number of hydrogen-bond acceptors (Lipinski definition) is 4. The average molecular weight is 338 g/mol. The molecule has 0 radical (unpaired) electrons. The highest BCUT2D eigenvalue weighted by atomic mass is 79.9. The van der Waals surface area contributed by atoms with Gasteiger partial charge in [-0.2, -0.15) is 0 Å². The fourth-order valence-corrected chi connectivity index (χ4v) is 3.65. The van der Waals surface area contributed by atoms with Crippen molar-refractivity contribution in [3.63, 3.8) is 0 Å². The average Bonchev–Trinajstić information content (AvgIpc) is 3.16. The molecule has 5 heteroatoms. The summed E-state index contributed by atoms with van der Waals surface area (Å²) in [5.74, 6) is 0. The zero-order valence-corrected chi connectivity index (χ0v) is 13.2. The highest BCUT2D eigenvalue weighted by molar-refractivity contribution is 9.10. The monoisotopic (exact) mass is 337 g/mol. The van der Waals surface area contributed by atoms with E-state index in [1.54, 1.807) is 11.3 Å². The van der Waals surface area contributed by atoms with E-state index in [0.29, 0.717) is 0 Å². The molecule has 1 N–H and O–H groups in total. The van der Waals surface area contributed by atoms with Gasteiger partial charge in [0.05, 0.1) is 5.69 Å². The maximum absolute atomic E-state index is 4.74. The van der Waals surface area contributed by atoms with E-state index >= 15 is 0 Å². The number of thiazole rings is 1. The molecular formula is C14H16BrN3S. The van der Waals surface area contributed by atoms with Crippen LogP contribution >= 0.6 is 27.3 Å². The quantitative estimate of drug-likeness (QED) is 0.902. The zero-order chi connectivity index (χ0) is 13.2. The summed E-state index contributed by atoms with van der Waals surface area (Å²) in [6, 6.07) is 4.67. The van der Waals surface area contributed by atoms with E-state index < -0.39 is 0 Å². The van der Waals surface area contributed by atoms with Gasteiger partial charge in [0.15, 0.2) is 0 Å².